The minimum atomic E-state index is -0.187. The van der Waals surface area contributed by atoms with Crippen molar-refractivity contribution in [3.63, 3.8) is 0 Å². The van der Waals surface area contributed by atoms with Gasteiger partial charge in [0.25, 0.3) is 5.91 Å². The Hall–Kier alpha value is -2.50. The summed E-state index contributed by atoms with van der Waals surface area (Å²) in [6.45, 7) is 2.06. The SMILES string of the molecule is CC(NC(=O)c1ccc2c(c1)OCO2)c1ncc[nH]1. The Balaban J connectivity index is 1.74. The molecule has 2 N–H and O–H groups in total. The van der Waals surface area contributed by atoms with Gasteiger partial charge in [-0.1, -0.05) is 0 Å². The second-order valence-electron chi connectivity index (χ2n) is 4.24. The van der Waals surface area contributed by atoms with Gasteiger partial charge >= 0.3 is 0 Å². The highest BCUT2D eigenvalue weighted by Gasteiger charge is 2.18. The summed E-state index contributed by atoms with van der Waals surface area (Å²) in [5, 5.41) is 2.86. The molecule has 1 aromatic carbocycles. The van der Waals surface area contributed by atoms with E-state index in [4.69, 9.17) is 9.47 Å². The zero-order chi connectivity index (χ0) is 13.2. The number of benzene rings is 1. The highest BCUT2D eigenvalue weighted by atomic mass is 16.7. The van der Waals surface area contributed by atoms with Crippen molar-refractivity contribution in [2.75, 3.05) is 6.79 Å². The molecule has 1 amide bonds. The molecule has 2 heterocycles. The topological polar surface area (TPSA) is 76.2 Å². The van der Waals surface area contributed by atoms with E-state index >= 15 is 0 Å². The van der Waals surface area contributed by atoms with E-state index in [9.17, 15) is 4.79 Å². The molecule has 1 aliphatic heterocycles. The smallest absolute Gasteiger partial charge is 0.251 e. The van der Waals surface area contributed by atoms with E-state index in [0.717, 1.165) is 0 Å². The average Bonchev–Trinajstić information content (AvgIpc) is 3.09. The van der Waals surface area contributed by atoms with Gasteiger partial charge in [-0.2, -0.15) is 0 Å². The summed E-state index contributed by atoms with van der Waals surface area (Å²) in [4.78, 5) is 19.2. The zero-order valence-electron chi connectivity index (χ0n) is 10.3. The number of carbonyl (C=O) groups is 1. The van der Waals surface area contributed by atoms with Gasteiger partial charge in [0.2, 0.25) is 6.79 Å². The van der Waals surface area contributed by atoms with Crippen LogP contribution in [0.15, 0.2) is 30.6 Å². The van der Waals surface area contributed by atoms with Crippen LogP contribution in [0.5, 0.6) is 11.5 Å². The number of aromatic nitrogens is 2. The molecule has 6 heteroatoms. The van der Waals surface area contributed by atoms with E-state index in [2.05, 4.69) is 15.3 Å². The van der Waals surface area contributed by atoms with Crippen LogP contribution in [0.3, 0.4) is 0 Å². The summed E-state index contributed by atoms with van der Waals surface area (Å²) < 4.78 is 10.4. The summed E-state index contributed by atoms with van der Waals surface area (Å²) in [5.41, 5.74) is 0.530. The Morgan fingerprint density at radius 2 is 2.26 bits per heavy atom. The van der Waals surface area contributed by atoms with Crippen LogP contribution in [0.25, 0.3) is 0 Å². The molecule has 0 aliphatic carbocycles. The first kappa shape index (κ1) is 11.6. The lowest BCUT2D eigenvalue weighted by molar-refractivity contribution is 0.0938. The van der Waals surface area contributed by atoms with Gasteiger partial charge in [-0.15, -0.1) is 0 Å². The van der Waals surface area contributed by atoms with E-state index in [1.54, 1.807) is 30.6 Å². The number of hydrogen-bond donors (Lipinski definition) is 2. The molecule has 0 fully saturated rings. The summed E-state index contributed by atoms with van der Waals surface area (Å²) in [6, 6.07) is 4.92. The number of hydrogen-bond acceptors (Lipinski definition) is 4. The fourth-order valence-electron chi connectivity index (χ4n) is 1.90. The molecule has 98 valence electrons. The van der Waals surface area contributed by atoms with Crippen molar-refractivity contribution in [3.8, 4) is 11.5 Å². The van der Waals surface area contributed by atoms with Crippen LogP contribution >= 0.6 is 0 Å². The summed E-state index contributed by atoms with van der Waals surface area (Å²) in [5.74, 6) is 1.80. The molecule has 0 radical (unpaired) electrons. The molecule has 1 aliphatic rings. The number of nitrogens with zero attached hydrogens (tertiary/aromatic N) is 1. The fraction of sp³-hybridized carbons (Fsp3) is 0.231. The van der Waals surface area contributed by atoms with Crippen molar-refractivity contribution in [2.24, 2.45) is 0 Å². The number of imidazole rings is 1. The first-order valence-corrected chi connectivity index (χ1v) is 5.94. The molecule has 0 saturated heterocycles. The van der Waals surface area contributed by atoms with Crippen molar-refractivity contribution in [2.45, 2.75) is 13.0 Å². The van der Waals surface area contributed by atoms with Crippen molar-refractivity contribution >= 4 is 5.91 Å². The van der Waals surface area contributed by atoms with Gasteiger partial charge in [0.05, 0.1) is 6.04 Å². The Morgan fingerprint density at radius 1 is 1.42 bits per heavy atom. The maximum Gasteiger partial charge on any atom is 0.251 e. The van der Waals surface area contributed by atoms with Crippen molar-refractivity contribution < 1.29 is 14.3 Å². The van der Waals surface area contributed by atoms with Gasteiger partial charge in [-0.3, -0.25) is 4.79 Å². The molecule has 19 heavy (non-hydrogen) atoms. The van der Waals surface area contributed by atoms with Crippen molar-refractivity contribution in [1.29, 1.82) is 0 Å². The third-order valence-corrected chi connectivity index (χ3v) is 2.91. The van der Waals surface area contributed by atoms with E-state index in [1.807, 2.05) is 6.92 Å². The molecule has 1 aromatic heterocycles. The maximum atomic E-state index is 12.1. The lowest BCUT2D eigenvalue weighted by atomic mass is 10.1. The minimum absolute atomic E-state index is 0.179. The first-order valence-electron chi connectivity index (χ1n) is 5.94. The van der Waals surface area contributed by atoms with Crippen LogP contribution in [0.4, 0.5) is 0 Å². The molecular weight excluding hydrogens is 246 g/mol. The summed E-state index contributed by atoms with van der Waals surface area (Å²) in [7, 11) is 0. The predicted octanol–water partition coefficient (Wildman–Crippen LogP) is 1.63. The Morgan fingerprint density at radius 3 is 3.05 bits per heavy atom. The lowest BCUT2D eigenvalue weighted by Gasteiger charge is -2.11. The van der Waals surface area contributed by atoms with Crippen LogP contribution in [-0.4, -0.2) is 22.7 Å². The molecule has 0 saturated carbocycles. The highest BCUT2D eigenvalue weighted by Crippen LogP contribution is 2.32. The molecule has 3 rings (SSSR count). The number of ether oxygens (including phenoxy) is 2. The number of H-pyrrole nitrogens is 1. The molecule has 1 unspecified atom stereocenters. The summed E-state index contributed by atoms with van der Waals surface area (Å²) in [6.07, 6.45) is 3.37. The molecule has 0 bridgehead atoms. The average molecular weight is 259 g/mol. The number of nitrogens with one attached hydrogen (secondary N) is 2. The van der Waals surface area contributed by atoms with Gasteiger partial charge in [0, 0.05) is 18.0 Å². The first-order chi connectivity index (χ1) is 9.24. The Bertz CT molecular complexity index is 595. The predicted molar refractivity (Wildman–Crippen MR) is 67.0 cm³/mol. The number of carbonyl (C=O) groups excluding carboxylic acids is 1. The van der Waals surface area contributed by atoms with Crippen LogP contribution in [0.1, 0.15) is 29.1 Å². The number of rotatable bonds is 3. The molecule has 2 aromatic rings. The molecular formula is C13H13N3O3. The van der Waals surface area contributed by atoms with Gasteiger partial charge in [-0.05, 0) is 25.1 Å². The second kappa shape index (κ2) is 4.64. The second-order valence-corrected chi connectivity index (χ2v) is 4.24. The maximum absolute atomic E-state index is 12.1. The Labute approximate surface area is 109 Å². The van der Waals surface area contributed by atoms with Crippen LogP contribution in [-0.2, 0) is 0 Å². The van der Waals surface area contributed by atoms with Gasteiger partial charge in [-0.25, -0.2) is 4.98 Å². The standard InChI is InChI=1S/C13H13N3O3/c1-8(12-14-4-5-15-12)16-13(17)9-2-3-10-11(6-9)19-7-18-10/h2-6,8H,7H2,1H3,(H,14,15)(H,16,17). The molecule has 0 spiro atoms. The van der Waals surface area contributed by atoms with E-state index in [0.29, 0.717) is 22.9 Å². The quantitative estimate of drug-likeness (QED) is 0.878. The zero-order valence-corrected chi connectivity index (χ0v) is 10.3. The summed E-state index contributed by atoms with van der Waals surface area (Å²) >= 11 is 0. The normalized spacial score (nSPS) is 14.2. The largest absolute Gasteiger partial charge is 0.454 e. The van der Waals surface area contributed by atoms with E-state index < -0.39 is 0 Å². The van der Waals surface area contributed by atoms with E-state index in [-0.39, 0.29) is 18.7 Å². The monoisotopic (exact) mass is 259 g/mol. The van der Waals surface area contributed by atoms with Crippen LogP contribution in [0.2, 0.25) is 0 Å². The van der Waals surface area contributed by atoms with Crippen molar-refractivity contribution in [1.82, 2.24) is 15.3 Å². The minimum Gasteiger partial charge on any atom is -0.454 e. The number of amides is 1. The molecule has 6 nitrogen and oxygen atoms in total. The van der Waals surface area contributed by atoms with Gasteiger partial charge in [0.15, 0.2) is 11.5 Å². The highest BCUT2D eigenvalue weighted by molar-refractivity contribution is 5.95. The Kier molecular flexibility index (Phi) is 2.83. The lowest BCUT2D eigenvalue weighted by Crippen LogP contribution is -2.27. The van der Waals surface area contributed by atoms with Crippen molar-refractivity contribution in [3.05, 3.63) is 42.0 Å². The van der Waals surface area contributed by atoms with Crippen LogP contribution in [0, 0.1) is 0 Å². The number of fused-ring (bicyclic) bond motifs is 1. The van der Waals surface area contributed by atoms with Crippen LogP contribution < -0.4 is 14.8 Å². The van der Waals surface area contributed by atoms with Gasteiger partial charge < -0.3 is 19.8 Å². The number of aromatic amines is 1. The fourth-order valence-corrected chi connectivity index (χ4v) is 1.90. The van der Waals surface area contributed by atoms with Gasteiger partial charge in [0.1, 0.15) is 5.82 Å². The van der Waals surface area contributed by atoms with E-state index in [1.165, 1.54) is 0 Å². The third-order valence-electron chi connectivity index (χ3n) is 2.91. The molecule has 1 atom stereocenters. The third kappa shape index (κ3) is 2.24.